The van der Waals surface area contributed by atoms with Crippen LogP contribution in [0.3, 0.4) is 0 Å². The Balaban J connectivity index is 2.05. The van der Waals surface area contributed by atoms with E-state index in [2.05, 4.69) is 44.3 Å². The van der Waals surface area contributed by atoms with Crippen molar-refractivity contribution >= 4 is 11.8 Å². The molecule has 0 amide bonds. The topological polar surface area (TPSA) is 21.3 Å². The molecule has 2 nitrogen and oxygen atoms in total. The minimum atomic E-state index is 0.274. The number of benzene rings is 1. The number of thioether (sulfide) groups is 1. The Morgan fingerprint density at radius 2 is 2.17 bits per heavy atom. The van der Waals surface area contributed by atoms with Gasteiger partial charge < -0.3 is 10.1 Å². The second-order valence-corrected chi connectivity index (χ2v) is 6.20. The van der Waals surface area contributed by atoms with E-state index in [-0.39, 0.29) is 6.10 Å². The normalized spacial score (nSPS) is 20.3. The van der Waals surface area contributed by atoms with E-state index in [9.17, 15) is 0 Å². The first kappa shape index (κ1) is 13.8. The summed E-state index contributed by atoms with van der Waals surface area (Å²) in [5, 5.41) is 3.63. The monoisotopic (exact) mass is 265 g/mol. The molecular formula is C15H23NOS. The van der Waals surface area contributed by atoms with Crippen LogP contribution in [-0.2, 0) is 0 Å². The van der Waals surface area contributed by atoms with Crippen LogP contribution in [0.1, 0.15) is 27.2 Å². The lowest BCUT2D eigenvalue weighted by Crippen LogP contribution is -2.49. The molecule has 3 heteroatoms. The minimum absolute atomic E-state index is 0.274. The minimum Gasteiger partial charge on any atom is -0.487 e. The van der Waals surface area contributed by atoms with Gasteiger partial charge in [0.05, 0.1) is 0 Å². The van der Waals surface area contributed by atoms with E-state index in [1.165, 1.54) is 11.3 Å². The number of rotatable bonds is 5. The third kappa shape index (κ3) is 3.21. The smallest absolute Gasteiger partial charge is 0.133 e. The van der Waals surface area contributed by atoms with Gasteiger partial charge in [-0.05, 0) is 31.0 Å². The zero-order valence-corrected chi connectivity index (χ0v) is 12.3. The van der Waals surface area contributed by atoms with Gasteiger partial charge in [0.15, 0.2) is 0 Å². The molecule has 0 spiro atoms. The van der Waals surface area contributed by atoms with Gasteiger partial charge in [-0.2, -0.15) is 0 Å². The zero-order valence-electron chi connectivity index (χ0n) is 11.5. The molecule has 18 heavy (non-hydrogen) atoms. The number of hydrogen-bond acceptors (Lipinski definition) is 3. The van der Waals surface area contributed by atoms with E-state index in [0.29, 0.717) is 12.0 Å². The molecule has 2 rings (SSSR count). The van der Waals surface area contributed by atoms with Gasteiger partial charge in [0.25, 0.3) is 0 Å². The van der Waals surface area contributed by atoms with Crippen molar-refractivity contribution in [3.8, 4) is 5.75 Å². The fourth-order valence-electron chi connectivity index (χ4n) is 2.32. The molecule has 1 aliphatic rings. The van der Waals surface area contributed by atoms with E-state index in [0.717, 1.165) is 18.0 Å². The van der Waals surface area contributed by atoms with Crippen LogP contribution in [0.2, 0.25) is 0 Å². The molecule has 2 atom stereocenters. The molecule has 2 unspecified atom stereocenters. The van der Waals surface area contributed by atoms with E-state index >= 15 is 0 Å². The molecule has 0 fully saturated rings. The molecular weight excluding hydrogens is 242 g/mol. The maximum atomic E-state index is 6.17. The number of nitrogens with one attached hydrogen (secondary N) is 1. The van der Waals surface area contributed by atoms with Gasteiger partial charge in [-0.25, -0.2) is 0 Å². The third-order valence-corrected chi connectivity index (χ3v) is 4.42. The van der Waals surface area contributed by atoms with E-state index in [1.807, 2.05) is 17.8 Å². The lowest BCUT2D eigenvalue weighted by molar-refractivity contribution is 0.141. The van der Waals surface area contributed by atoms with Crippen LogP contribution < -0.4 is 10.1 Å². The Kier molecular flexibility index (Phi) is 4.95. The predicted octanol–water partition coefficient (Wildman–Crippen LogP) is 3.56. The first-order chi connectivity index (χ1) is 8.72. The largest absolute Gasteiger partial charge is 0.487 e. The van der Waals surface area contributed by atoms with Gasteiger partial charge >= 0.3 is 0 Å². The van der Waals surface area contributed by atoms with Crippen LogP contribution in [-0.4, -0.2) is 24.4 Å². The van der Waals surface area contributed by atoms with Crippen LogP contribution in [0, 0.1) is 5.92 Å². The number of para-hydroxylation sites is 1. The van der Waals surface area contributed by atoms with Gasteiger partial charge in [0.2, 0.25) is 0 Å². The fraction of sp³-hybridized carbons (Fsp3) is 0.600. The Bertz CT molecular complexity index is 381. The first-order valence-corrected chi connectivity index (χ1v) is 7.82. The predicted molar refractivity (Wildman–Crippen MR) is 78.5 cm³/mol. The Morgan fingerprint density at radius 3 is 2.89 bits per heavy atom. The second-order valence-electron chi connectivity index (χ2n) is 5.14. The third-order valence-electron chi connectivity index (χ3n) is 3.28. The Hall–Kier alpha value is -0.670. The highest BCUT2D eigenvalue weighted by atomic mass is 32.2. The van der Waals surface area contributed by atoms with Crippen molar-refractivity contribution in [1.29, 1.82) is 0 Å². The maximum Gasteiger partial charge on any atom is 0.133 e. The molecule has 0 saturated heterocycles. The number of ether oxygens (including phenoxy) is 1. The average Bonchev–Trinajstić information content (AvgIpc) is 2.38. The summed E-state index contributed by atoms with van der Waals surface area (Å²) in [4.78, 5) is 1.27. The van der Waals surface area contributed by atoms with Crippen LogP contribution in [0.4, 0.5) is 0 Å². The molecule has 0 radical (unpaired) electrons. The fourth-order valence-corrected chi connectivity index (χ4v) is 3.37. The molecule has 0 aliphatic carbocycles. The highest BCUT2D eigenvalue weighted by molar-refractivity contribution is 7.99. The molecule has 100 valence electrons. The highest BCUT2D eigenvalue weighted by Gasteiger charge is 2.29. The van der Waals surface area contributed by atoms with Crippen molar-refractivity contribution in [1.82, 2.24) is 5.32 Å². The van der Waals surface area contributed by atoms with Gasteiger partial charge in [-0.3, -0.25) is 0 Å². The van der Waals surface area contributed by atoms with Gasteiger partial charge in [0.1, 0.15) is 11.9 Å². The van der Waals surface area contributed by atoms with Crippen molar-refractivity contribution in [2.75, 3.05) is 12.3 Å². The van der Waals surface area contributed by atoms with Gasteiger partial charge in [-0.15, -0.1) is 11.8 Å². The van der Waals surface area contributed by atoms with Crippen LogP contribution >= 0.6 is 11.8 Å². The summed E-state index contributed by atoms with van der Waals surface area (Å²) in [6, 6.07) is 8.77. The van der Waals surface area contributed by atoms with Crippen molar-refractivity contribution < 1.29 is 4.74 Å². The second kappa shape index (κ2) is 6.48. The lowest BCUT2D eigenvalue weighted by Gasteiger charge is -2.34. The van der Waals surface area contributed by atoms with Gasteiger partial charge in [0, 0.05) is 16.7 Å². The quantitative estimate of drug-likeness (QED) is 0.879. The molecule has 1 N–H and O–H groups in total. The summed E-state index contributed by atoms with van der Waals surface area (Å²) in [6.45, 7) is 7.80. The summed E-state index contributed by atoms with van der Waals surface area (Å²) >= 11 is 1.91. The molecule has 0 aromatic heterocycles. The molecule has 1 heterocycles. The molecule has 0 bridgehead atoms. The molecule has 1 aliphatic heterocycles. The summed E-state index contributed by atoms with van der Waals surface area (Å²) in [5.74, 6) is 2.67. The molecule has 1 aromatic carbocycles. The van der Waals surface area contributed by atoms with Crippen molar-refractivity contribution in [2.45, 2.75) is 44.2 Å². The molecule has 0 saturated carbocycles. The van der Waals surface area contributed by atoms with E-state index in [4.69, 9.17) is 4.74 Å². The summed E-state index contributed by atoms with van der Waals surface area (Å²) in [5.41, 5.74) is 0. The lowest BCUT2D eigenvalue weighted by atomic mass is 9.99. The zero-order chi connectivity index (χ0) is 13.0. The van der Waals surface area contributed by atoms with Crippen molar-refractivity contribution in [2.24, 2.45) is 5.92 Å². The highest BCUT2D eigenvalue weighted by Crippen LogP contribution is 2.36. The standard InChI is InChI=1S/C15H23NOS/c1-4-9-16-15(11(2)3)13-10-18-14-8-6-5-7-12(14)17-13/h5-8,11,13,15-16H,4,9-10H2,1-3H3. The summed E-state index contributed by atoms with van der Waals surface area (Å²) < 4.78 is 6.17. The van der Waals surface area contributed by atoms with Crippen molar-refractivity contribution in [3.05, 3.63) is 24.3 Å². The summed E-state index contributed by atoms with van der Waals surface area (Å²) in [6.07, 6.45) is 1.44. The SMILES string of the molecule is CCCNC(C(C)C)C1CSc2ccccc2O1. The van der Waals surface area contributed by atoms with Crippen LogP contribution in [0.15, 0.2) is 29.2 Å². The Labute approximate surface area is 114 Å². The maximum absolute atomic E-state index is 6.17. The van der Waals surface area contributed by atoms with Crippen LogP contribution in [0.5, 0.6) is 5.75 Å². The van der Waals surface area contributed by atoms with E-state index < -0.39 is 0 Å². The first-order valence-electron chi connectivity index (χ1n) is 6.84. The summed E-state index contributed by atoms with van der Waals surface area (Å²) in [7, 11) is 0. The number of fused-ring (bicyclic) bond motifs is 1. The Morgan fingerprint density at radius 1 is 1.39 bits per heavy atom. The van der Waals surface area contributed by atoms with E-state index in [1.54, 1.807) is 0 Å². The number of hydrogen-bond donors (Lipinski definition) is 1. The van der Waals surface area contributed by atoms with Crippen LogP contribution in [0.25, 0.3) is 0 Å². The average molecular weight is 265 g/mol. The molecule has 1 aromatic rings. The van der Waals surface area contributed by atoms with Gasteiger partial charge in [-0.1, -0.05) is 32.9 Å². The van der Waals surface area contributed by atoms with Crippen molar-refractivity contribution in [3.63, 3.8) is 0 Å².